The quantitative estimate of drug-likeness (QED) is 0.757. The van der Waals surface area contributed by atoms with Gasteiger partial charge < -0.3 is 15.2 Å². The Labute approximate surface area is 124 Å². The zero-order valence-corrected chi connectivity index (χ0v) is 12.2. The Morgan fingerprint density at radius 1 is 1.38 bits per heavy atom. The molecular weight excluding hydrogens is 270 g/mol. The molecule has 1 aromatic rings. The molecular formula is C16H21NO4. The highest BCUT2D eigenvalue weighted by Gasteiger charge is 2.43. The third-order valence-corrected chi connectivity index (χ3v) is 4.09. The largest absolute Gasteiger partial charge is 0.478 e. The number of carboxylic acids is 1. The van der Waals surface area contributed by atoms with Crippen molar-refractivity contribution < 1.29 is 19.4 Å². The van der Waals surface area contributed by atoms with E-state index in [9.17, 15) is 9.59 Å². The van der Waals surface area contributed by atoms with E-state index in [1.54, 1.807) is 12.1 Å². The molecule has 1 fully saturated rings. The lowest BCUT2D eigenvalue weighted by atomic mass is 9.66. The number of aromatic carboxylic acids is 1. The molecule has 1 saturated carbocycles. The minimum absolute atomic E-state index is 0.0315. The second-order valence-corrected chi connectivity index (χ2v) is 5.42. The third kappa shape index (κ3) is 3.61. The van der Waals surface area contributed by atoms with Crippen LogP contribution in [-0.2, 0) is 9.53 Å². The summed E-state index contributed by atoms with van der Waals surface area (Å²) in [6, 6.07) is 6.33. The molecule has 1 aliphatic carbocycles. The van der Waals surface area contributed by atoms with Crippen LogP contribution in [0.3, 0.4) is 0 Å². The van der Waals surface area contributed by atoms with Gasteiger partial charge in [0.25, 0.3) is 0 Å². The van der Waals surface area contributed by atoms with Crippen molar-refractivity contribution in [1.29, 1.82) is 0 Å². The first-order chi connectivity index (χ1) is 10.1. The van der Waals surface area contributed by atoms with Gasteiger partial charge in [-0.15, -0.1) is 0 Å². The number of anilines is 1. The average Bonchev–Trinajstić information content (AvgIpc) is 2.42. The summed E-state index contributed by atoms with van der Waals surface area (Å²) in [6.07, 6.45) is 3.50. The van der Waals surface area contributed by atoms with Crippen LogP contribution >= 0.6 is 0 Å². The third-order valence-electron chi connectivity index (χ3n) is 4.09. The maximum atomic E-state index is 12.5. The predicted molar refractivity (Wildman–Crippen MR) is 79.4 cm³/mol. The van der Waals surface area contributed by atoms with Crippen molar-refractivity contribution in [3.63, 3.8) is 0 Å². The van der Waals surface area contributed by atoms with Gasteiger partial charge >= 0.3 is 5.97 Å². The van der Waals surface area contributed by atoms with E-state index in [0.29, 0.717) is 25.3 Å². The Balaban J connectivity index is 2.02. The maximum Gasteiger partial charge on any atom is 0.335 e. The van der Waals surface area contributed by atoms with Crippen molar-refractivity contribution in [2.45, 2.75) is 32.6 Å². The van der Waals surface area contributed by atoms with Crippen molar-refractivity contribution in [3.05, 3.63) is 29.8 Å². The van der Waals surface area contributed by atoms with E-state index in [1.807, 2.05) is 6.92 Å². The Kier molecular flexibility index (Phi) is 4.96. The summed E-state index contributed by atoms with van der Waals surface area (Å²) in [6.45, 7) is 3.17. The molecule has 114 valence electrons. The molecule has 0 bridgehead atoms. The van der Waals surface area contributed by atoms with Gasteiger partial charge in [-0.25, -0.2) is 4.79 Å². The van der Waals surface area contributed by atoms with Crippen LogP contribution in [-0.4, -0.2) is 30.2 Å². The van der Waals surface area contributed by atoms with E-state index in [-0.39, 0.29) is 16.9 Å². The first-order valence-electron chi connectivity index (χ1n) is 7.30. The molecule has 0 radical (unpaired) electrons. The van der Waals surface area contributed by atoms with Crippen LogP contribution in [0.2, 0.25) is 0 Å². The number of nitrogens with one attached hydrogen (secondary N) is 1. The summed E-state index contributed by atoms with van der Waals surface area (Å²) < 4.78 is 5.36. The molecule has 0 atom stereocenters. The summed E-state index contributed by atoms with van der Waals surface area (Å²) in [7, 11) is 0. The predicted octanol–water partition coefficient (Wildman–Crippen LogP) is 2.92. The van der Waals surface area contributed by atoms with Gasteiger partial charge in [0.15, 0.2) is 0 Å². The molecule has 0 aliphatic heterocycles. The normalized spacial score (nSPS) is 16.0. The summed E-state index contributed by atoms with van der Waals surface area (Å²) in [5, 5.41) is 11.8. The van der Waals surface area contributed by atoms with E-state index in [2.05, 4.69) is 5.32 Å². The van der Waals surface area contributed by atoms with Crippen molar-refractivity contribution in [2.24, 2.45) is 5.41 Å². The Hall–Kier alpha value is -1.88. The van der Waals surface area contributed by atoms with E-state index in [4.69, 9.17) is 9.84 Å². The van der Waals surface area contributed by atoms with Gasteiger partial charge in [0.05, 0.1) is 11.0 Å². The van der Waals surface area contributed by atoms with Crippen molar-refractivity contribution >= 4 is 17.6 Å². The minimum atomic E-state index is -0.999. The maximum absolute atomic E-state index is 12.5. The molecule has 1 aliphatic rings. The fourth-order valence-electron chi connectivity index (χ4n) is 2.60. The number of hydrogen-bond donors (Lipinski definition) is 2. The number of carbonyl (C=O) groups is 2. The SMILES string of the molecule is CCOCCC1(C(=O)Nc2cccc(C(=O)O)c2)CCC1. The molecule has 1 aromatic carbocycles. The van der Waals surface area contributed by atoms with Crippen LogP contribution in [0, 0.1) is 5.41 Å². The Bertz CT molecular complexity index is 523. The lowest BCUT2D eigenvalue weighted by Crippen LogP contribution is -2.42. The molecule has 2 N–H and O–H groups in total. The van der Waals surface area contributed by atoms with Gasteiger partial charge in [0.2, 0.25) is 5.91 Å². The lowest BCUT2D eigenvalue weighted by Gasteiger charge is -2.40. The average molecular weight is 291 g/mol. The highest BCUT2D eigenvalue weighted by atomic mass is 16.5. The number of carboxylic acid groups (broad SMARTS) is 1. The molecule has 5 heteroatoms. The summed E-state index contributed by atoms with van der Waals surface area (Å²) in [5.41, 5.74) is 0.348. The van der Waals surface area contributed by atoms with Gasteiger partial charge in [-0.3, -0.25) is 4.79 Å². The van der Waals surface area contributed by atoms with E-state index in [0.717, 1.165) is 19.3 Å². The van der Waals surface area contributed by atoms with E-state index >= 15 is 0 Å². The molecule has 0 spiro atoms. The lowest BCUT2D eigenvalue weighted by molar-refractivity contribution is -0.132. The first-order valence-corrected chi connectivity index (χ1v) is 7.30. The van der Waals surface area contributed by atoms with Crippen molar-refractivity contribution in [2.75, 3.05) is 18.5 Å². The summed E-state index contributed by atoms with van der Waals surface area (Å²) in [5.74, 6) is -1.03. The van der Waals surface area contributed by atoms with Gasteiger partial charge in [-0.05, 0) is 44.4 Å². The molecule has 21 heavy (non-hydrogen) atoms. The highest BCUT2D eigenvalue weighted by Crippen LogP contribution is 2.44. The topological polar surface area (TPSA) is 75.6 Å². The standard InChI is InChI=1S/C16H21NO4/c1-2-21-10-9-16(7-4-8-16)15(20)17-13-6-3-5-12(11-13)14(18)19/h3,5-6,11H,2,4,7-10H2,1H3,(H,17,20)(H,18,19). The van der Waals surface area contributed by atoms with Gasteiger partial charge in [-0.1, -0.05) is 12.5 Å². The van der Waals surface area contributed by atoms with Crippen LogP contribution in [0.1, 0.15) is 43.0 Å². The molecule has 5 nitrogen and oxygen atoms in total. The molecule has 2 rings (SSSR count). The van der Waals surface area contributed by atoms with Crippen LogP contribution in [0.4, 0.5) is 5.69 Å². The Morgan fingerprint density at radius 2 is 2.14 bits per heavy atom. The monoisotopic (exact) mass is 291 g/mol. The smallest absolute Gasteiger partial charge is 0.335 e. The molecule has 0 saturated heterocycles. The van der Waals surface area contributed by atoms with Crippen molar-refractivity contribution in [1.82, 2.24) is 0 Å². The van der Waals surface area contributed by atoms with Crippen LogP contribution in [0.15, 0.2) is 24.3 Å². The first kappa shape index (κ1) is 15.5. The highest BCUT2D eigenvalue weighted by molar-refractivity contribution is 5.97. The number of carbonyl (C=O) groups excluding carboxylic acids is 1. The zero-order chi connectivity index (χ0) is 15.3. The second-order valence-electron chi connectivity index (χ2n) is 5.42. The number of amides is 1. The Morgan fingerprint density at radius 3 is 2.71 bits per heavy atom. The van der Waals surface area contributed by atoms with Gasteiger partial charge in [-0.2, -0.15) is 0 Å². The summed E-state index contributed by atoms with van der Waals surface area (Å²) >= 11 is 0. The molecule has 0 aromatic heterocycles. The minimum Gasteiger partial charge on any atom is -0.478 e. The number of benzene rings is 1. The van der Waals surface area contributed by atoms with Crippen LogP contribution in [0.5, 0.6) is 0 Å². The number of ether oxygens (including phenoxy) is 1. The fraction of sp³-hybridized carbons (Fsp3) is 0.500. The number of rotatable bonds is 7. The van der Waals surface area contributed by atoms with Gasteiger partial charge in [0.1, 0.15) is 0 Å². The van der Waals surface area contributed by atoms with Crippen molar-refractivity contribution in [3.8, 4) is 0 Å². The van der Waals surface area contributed by atoms with Crippen LogP contribution < -0.4 is 5.32 Å². The molecule has 1 amide bonds. The number of hydrogen-bond acceptors (Lipinski definition) is 3. The molecule has 0 unspecified atom stereocenters. The fourth-order valence-corrected chi connectivity index (χ4v) is 2.60. The van der Waals surface area contributed by atoms with Gasteiger partial charge in [0, 0.05) is 18.9 Å². The zero-order valence-electron chi connectivity index (χ0n) is 12.2. The van der Waals surface area contributed by atoms with E-state index in [1.165, 1.54) is 12.1 Å². The van der Waals surface area contributed by atoms with E-state index < -0.39 is 5.97 Å². The summed E-state index contributed by atoms with van der Waals surface area (Å²) in [4.78, 5) is 23.4. The second kappa shape index (κ2) is 6.72. The van der Waals surface area contributed by atoms with Crippen LogP contribution in [0.25, 0.3) is 0 Å². The molecule has 0 heterocycles.